The van der Waals surface area contributed by atoms with Gasteiger partial charge in [-0.3, -0.25) is 9.78 Å². The van der Waals surface area contributed by atoms with Crippen LogP contribution < -0.4 is 5.32 Å². The number of carbonyl (C=O) groups is 1. The van der Waals surface area contributed by atoms with E-state index in [9.17, 15) is 9.18 Å². The van der Waals surface area contributed by atoms with Crippen LogP contribution >= 0.6 is 11.6 Å². The predicted molar refractivity (Wildman–Crippen MR) is 131 cm³/mol. The van der Waals surface area contributed by atoms with Crippen molar-refractivity contribution < 1.29 is 14.3 Å². The summed E-state index contributed by atoms with van der Waals surface area (Å²) in [6.45, 7) is 3.80. The maximum absolute atomic E-state index is 14.3. The molecule has 0 radical (unpaired) electrons. The molecule has 0 aliphatic carbocycles. The number of hydrogen-bond acceptors (Lipinski definition) is 3. The lowest BCUT2D eigenvalue weighted by Gasteiger charge is -2.19. The molecule has 1 aromatic heterocycles. The van der Waals surface area contributed by atoms with Gasteiger partial charge < -0.3 is 10.4 Å². The number of aromatic nitrogens is 1. The van der Waals surface area contributed by atoms with E-state index in [4.69, 9.17) is 16.7 Å². The minimum absolute atomic E-state index is 0.0631. The van der Waals surface area contributed by atoms with Gasteiger partial charge in [-0.1, -0.05) is 67.1 Å². The summed E-state index contributed by atoms with van der Waals surface area (Å²) >= 11 is 6.50. The lowest BCUT2D eigenvalue weighted by molar-refractivity contribution is -0.137. The quantitative estimate of drug-likeness (QED) is 0.299. The van der Waals surface area contributed by atoms with Gasteiger partial charge in [-0.05, 0) is 47.7 Å². The Bertz CT molecular complexity index is 1310. The fraction of sp³-hybridized carbons (Fsp3) is 0.185. The lowest BCUT2D eigenvalue weighted by atomic mass is 9.95. The van der Waals surface area contributed by atoms with Crippen molar-refractivity contribution in [1.82, 2.24) is 4.98 Å². The molecule has 2 atom stereocenters. The van der Waals surface area contributed by atoms with Crippen LogP contribution in [0.25, 0.3) is 22.0 Å². The fourth-order valence-corrected chi connectivity index (χ4v) is 4.20. The summed E-state index contributed by atoms with van der Waals surface area (Å²) < 4.78 is 14.3. The molecule has 0 aliphatic rings. The molecule has 33 heavy (non-hydrogen) atoms. The Balaban J connectivity index is 1.68. The molecule has 0 saturated carbocycles. The maximum atomic E-state index is 14.3. The van der Waals surface area contributed by atoms with E-state index in [-0.39, 0.29) is 24.2 Å². The Labute approximate surface area is 197 Å². The number of nitrogens with zero attached hydrogens (tertiary/aromatic N) is 1. The van der Waals surface area contributed by atoms with E-state index in [1.165, 1.54) is 6.07 Å². The lowest BCUT2D eigenvalue weighted by Crippen LogP contribution is -2.09. The van der Waals surface area contributed by atoms with E-state index in [2.05, 4.69) is 10.3 Å². The van der Waals surface area contributed by atoms with Crippen molar-refractivity contribution in [2.75, 3.05) is 5.32 Å². The Morgan fingerprint density at radius 2 is 1.76 bits per heavy atom. The van der Waals surface area contributed by atoms with Crippen molar-refractivity contribution in [3.8, 4) is 11.1 Å². The molecule has 0 spiro atoms. The Hall–Kier alpha value is -3.44. The minimum atomic E-state index is -0.810. The number of anilines is 1. The molecule has 2 N–H and O–H groups in total. The van der Waals surface area contributed by atoms with Crippen molar-refractivity contribution in [1.29, 1.82) is 0 Å². The monoisotopic (exact) mass is 462 g/mol. The van der Waals surface area contributed by atoms with Crippen LogP contribution in [0.4, 0.5) is 10.1 Å². The highest BCUT2D eigenvalue weighted by molar-refractivity contribution is 6.34. The summed E-state index contributed by atoms with van der Waals surface area (Å²) in [5.41, 5.74) is 4.99. The van der Waals surface area contributed by atoms with E-state index in [1.54, 1.807) is 18.3 Å². The smallest absolute Gasteiger partial charge is 0.303 e. The Morgan fingerprint density at radius 1 is 1.06 bits per heavy atom. The second-order valence-electron chi connectivity index (χ2n) is 8.22. The van der Waals surface area contributed by atoms with E-state index in [0.717, 1.165) is 27.6 Å². The number of nitrogens with one attached hydrogen (secondary N) is 1. The molecular weight excluding hydrogens is 439 g/mol. The average Bonchev–Trinajstić information content (AvgIpc) is 2.80. The van der Waals surface area contributed by atoms with Crippen LogP contribution in [0.5, 0.6) is 0 Å². The molecule has 4 nitrogen and oxygen atoms in total. The largest absolute Gasteiger partial charge is 0.481 e. The molecule has 0 bridgehead atoms. The molecule has 6 heteroatoms. The molecule has 1 unspecified atom stereocenters. The van der Waals surface area contributed by atoms with Crippen molar-refractivity contribution in [2.45, 2.75) is 32.2 Å². The Morgan fingerprint density at radius 3 is 2.45 bits per heavy atom. The van der Waals surface area contributed by atoms with E-state index < -0.39 is 5.97 Å². The number of hydrogen-bond donors (Lipinski definition) is 2. The summed E-state index contributed by atoms with van der Waals surface area (Å²) in [4.78, 5) is 15.4. The zero-order valence-corrected chi connectivity index (χ0v) is 19.1. The van der Waals surface area contributed by atoms with Crippen LogP contribution in [0, 0.1) is 5.82 Å². The first-order chi connectivity index (χ1) is 15.8. The normalized spacial score (nSPS) is 13.0. The zero-order chi connectivity index (χ0) is 23.5. The third kappa shape index (κ3) is 4.99. The second-order valence-corrected chi connectivity index (χ2v) is 8.63. The standard InChI is InChI=1S/C27H24ClFN2O2/c1-16(13-26(32)33)18-7-9-19(10-8-18)20-11-12-25-22(14-20)27(23(28)15-30-25)31-17(2)21-5-3-4-6-24(21)29/h3-12,14-17H,13H2,1-2H3,(H,30,31)(H,32,33)/t16?,17-/m1/s1. The predicted octanol–water partition coefficient (Wildman–Crippen LogP) is 7.45. The highest BCUT2D eigenvalue weighted by Gasteiger charge is 2.16. The number of halogens is 2. The summed E-state index contributed by atoms with van der Waals surface area (Å²) in [6, 6.07) is 20.2. The van der Waals surface area contributed by atoms with Crippen LogP contribution in [-0.4, -0.2) is 16.1 Å². The maximum Gasteiger partial charge on any atom is 0.303 e. The third-order valence-electron chi connectivity index (χ3n) is 5.85. The van der Waals surface area contributed by atoms with Gasteiger partial charge in [-0.2, -0.15) is 0 Å². The third-order valence-corrected chi connectivity index (χ3v) is 6.13. The molecule has 0 fully saturated rings. The average molecular weight is 463 g/mol. The molecule has 0 aliphatic heterocycles. The molecule has 4 aromatic rings. The van der Waals surface area contributed by atoms with Gasteiger partial charge in [0.25, 0.3) is 0 Å². The van der Waals surface area contributed by atoms with E-state index >= 15 is 0 Å². The topological polar surface area (TPSA) is 62.2 Å². The highest BCUT2D eigenvalue weighted by Crippen LogP contribution is 2.35. The first kappa shape index (κ1) is 22.7. The second kappa shape index (κ2) is 9.59. The number of carboxylic acid groups (broad SMARTS) is 1. The molecule has 0 amide bonds. The summed E-state index contributed by atoms with van der Waals surface area (Å²) in [6.07, 6.45) is 1.69. The summed E-state index contributed by atoms with van der Waals surface area (Å²) in [5, 5.41) is 13.7. The van der Waals surface area contributed by atoms with Crippen LogP contribution in [0.1, 0.15) is 43.4 Å². The number of fused-ring (bicyclic) bond motifs is 1. The number of benzene rings is 3. The minimum Gasteiger partial charge on any atom is -0.481 e. The molecule has 0 saturated heterocycles. The first-order valence-corrected chi connectivity index (χ1v) is 11.1. The van der Waals surface area contributed by atoms with Crippen LogP contribution in [0.3, 0.4) is 0 Å². The van der Waals surface area contributed by atoms with Gasteiger partial charge in [0.15, 0.2) is 0 Å². The van der Waals surface area contributed by atoms with Crippen LogP contribution in [0.2, 0.25) is 5.02 Å². The first-order valence-electron chi connectivity index (χ1n) is 10.7. The van der Waals surface area contributed by atoms with Gasteiger partial charge in [0.05, 0.1) is 28.7 Å². The van der Waals surface area contributed by atoms with Crippen molar-refractivity contribution in [3.05, 3.63) is 94.9 Å². The highest BCUT2D eigenvalue weighted by atomic mass is 35.5. The zero-order valence-electron chi connectivity index (χ0n) is 18.3. The number of pyridine rings is 1. The van der Waals surface area contributed by atoms with Crippen LogP contribution in [0.15, 0.2) is 72.9 Å². The SMILES string of the molecule is CC(CC(=O)O)c1ccc(-c2ccc3ncc(Cl)c(N[C@H](C)c4ccccc4F)c3c2)cc1. The number of rotatable bonds is 7. The Kier molecular flexibility index (Phi) is 6.61. The number of carboxylic acids is 1. The van der Waals surface area contributed by atoms with Gasteiger partial charge in [0.2, 0.25) is 0 Å². The van der Waals surface area contributed by atoms with Gasteiger partial charge in [-0.15, -0.1) is 0 Å². The number of aliphatic carboxylic acids is 1. The summed E-state index contributed by atoms with van der Waals surface area (Å²) in [5.74, 6) is -1.15. The molecule has 4 rings (SSSR count). The molecular formula is C27H24ClFN2O2. The molecule has 1 heterocycles. The van der Waals surface area contributed by atoms with Crippen molar-refractivity contribution in [3.63, 3.8) is 0 Å². The van der Waals surface area contributed by atoms with Gasteiger partial charge in [0, 0.05) is 17.1 Å². The van der Waals surface area contributed by atoms with Gasteiger partial charge in [0.1, 0.15) is 5.82 Å². The van der Waals surface area contributed by atoms with E-state index in [1.807, 2.05) is 62.4 Å². The van der Waals surface area contributed by atoms with Gasteiger partial charge >= 0.3 is 5.97 Å². The van der Waals surface area contributed by atoms with Gasteiger partial charge in [-0.25, -0.2) is 4.39 Å². The molecule has 168 valence electrons. The van der Waals surface area contributed by atoms with Crippen LogP contribution in [-0.2, 0) is 4.79 Å². The fourth-order valence-electron chi connectivity index (χ4n) is 4.00. The molecule has 3 aromatic carbocycles. The van der Waals surface area contributed by atoms with E-state index in [0.29, 0.717) is 16.3 Å². The van der Waals surface area contributed by atoms with Crippen molar-refractivity contribution in [2.24, 2.45) is 0 Å². The van der Waals surface area contributed by atoms with Crippen molar-refractivity contribution >= 4 is 34.2 Å². The summed E-state index contributed by atoms with van der Waals surface area (Å²) in [7, 11) is 0.